The van der Waals surface area contributed by atoms with E-state index >= 15 is 0 Å². The van der Waals surface area contributed by atoms with E-state index in [4.69, 9.17) is 5.73 Å². The van der Waals surface area contributed by atoms with Crippen molar-refractivity contribution in [2.75, 3.05) is 0 Å². The molecule has 0 saturated heterocycles. The number of imidazole rings is 1. The van der Waals surface area contributed by atoms with Crippen molar-refractivity contribution < 1.29 is 0 Å². The van der Waals surface area contributed by atoms with Crippen LogP contribution in [-0.2, 0) is 13.1 Å². The molecule has 3 nitrogen and oxygen atoms in total. The van der Waals surface area contributed by atoms with Crippen LogP contribution in [0.1, 0.15) is 17.1 Å². The van der Waals surface area contributed by atoms with Gasteiger partial charge in [0.2, 0.25) is 0 Å². The van der Waals surface area contributed by atoms with Crippen LogP contribution in [0.2, 0.25) is 0 Å². The van der Waals surface area contributed by atoms with E-state index in [9.17, 15) is 0 Å². The maximum absolute atomic E-state index is 5.75. The molecule has 0 amide bonds. The van der Waals surface area contributed by atoms with Crippen molar-refractivity contribution in [3.63, 3.8) is 0 Å². The van der Waals surface area contributed by atoms with Crippen molar-refractivity contribution in [1.82, 2.24) is 9.55 Å². The molecule has 0 bridgehead atoms. The van der Waals surface area contributed by atoms with Crippen molar-refractivity contribution in [2.24, 2.45) is 5.73 Å². The minimum absolute atomic E-state index is 0.531. The molecular formula is C14H15N3S. The highest BCUT2D eigenvalue weighted by Gasteiger charge is 2.09. The smallest absolute Gasteiger partial charge is 0.106 e. The number of aryl methyl sites for hydroxylation is 1. The Labute approximate surface area is 110 Å². The van der Waals surface area contributed by atoms with Crippen LogP contribution in [0.5, 0.6) is 0 Å². The van der Waals surface area contributed by atoms with Gasteiger partial charge in [-0.1, -0.05) is 18.2 Å². The first kappa shape index (κ1) is 11.4. The van der Waals surface area contributed by atoms with E-state index in [1.807, 2.05) is 13.1 Å². The Morgan fingerprint density at radius 2 is 2.17 bits per heavy atom. The second-order valence-corrected chi connectivity index (χ2v) is 5.26. The Morgan fingerprint density at radius 3 is 3.00 bits per heavy atom. The minimum atomic E-state index is 0.531. The first-order chi connectivity index (χ1) is 8.79. The van der Waals surface area contributed by atoms with Gasteiger partial charge in [0.05, 0.1) is 12.2 Å². The summed E-state index contributed by atoms with van der Waals surface area (Å²) in [6, 6.07) is 8.50. The summed E-state index contributed by atoms with van der Waals surface area (Å²) in [6.45, 7) is 3.40. The molecule has 0 aliphatic carbocycles. The van der Waals surface area contributed by atoms with Gasteiger partial charge in [-0.2, -0.15) is 0 Å². The van der Waals surface area contributed by atoms with Gasteiger partial charge < -0.3 is 10.3 Å². The van der Waals surface area contributed by atoms with Gasteiger partial charge in [0, 0.05) is 17.4 Å². The van der Waals surface area contributed by atoms with Crippen molar-refractivity contribution in [2.45, 2.75) is 20.0 Å². The molecule has 0 spiro atoms. The molecule has 0 aliphatic heterocycles. The molecule has 0 saturated carbocycles. The van der Waals surface area contributed by atoms with E-state index in [0.717, 1.165) is 18.1 Å². The molecule has 0 atom stereocenters. The number of aromatic nitrogens is 2. The molecule has 92 valence electrons. The molecule has 18 heavy (non-hydrogen) atoms. The first-order valence-corrected chi connectivity index (χ1v) is 6.83. The van der Waals surface area contributed by atoms with Gasteiger partial charge in [-0.05, 0) is 29.3 Å². The summed E-state index contributed by atoms with van der Waals surface area (Å²) in [5, 5.41) is 3.56. The number of hydrogen-bond donors (Lipinski definition) is 1. The number of hydrogen-bond acceptors (Lipinski definition) is 3. The van der Waals surface area contributed by atoms with E-state index in [1.54, 1.807) is 11.3 Å². The van der Waals surface area contributed by atoms with Crippen LogP contribution >= 0.6 is 11.3 Å². The molecule has 2 N–H and O–H groups in total. The average molecular weight is 257 g/mol. The Bertz CT molecular complexity index is 681. The van der Waals surface area contributed by atoms with Gasteiger partial charge in [-0.3, -0.25) is 0 Å². The lowest BCUT2D eigenvalue weighted by Gasteiger charge is -2.08. The van der Waals surface area contributed by atoms with Gasteiger partial charge in [0.15, 0.2) is 0 Å². The Kier molecular flexibility index (Phi) is 2.89. The summed E-state index contributed by atoms with van der Waals surface area (Å²) in [5.74, 6) is 1.02. The van der Waals surface area contributed by atoms with Gasteiger partial charge in [-0.15, -0.1) is 11.3 Å². The van der Waals surface area contributed by atoms with E-state index in [-0.39, 0.29) is 0 Å². The third-order valence-corrected chi connectivity index (χ3v) is 4.25. The fraction of sp³-hybridized carbons (Fsp3) is 0.214. The first-order valence-electron chi connectivity index (χ1n) is 5.96. The van der Waals surface area contributed by atoms with Crippen molar-refractivity contribution in [3.05, 3.63) is 52.9 Å². The SMILES string of the molecule is Cc1ncc(CN)n1Cc1csc2ccccc12. The number of rotatable bonds is 3. The van der Waals surface area contributed by atoms with Crippen LogP contribution in [0.15, 0.2) is 35.8 Å². The topological polar surface area (TPSA) is 43.8 Å². The second-order valence-electron chi connectivity index (χ2n) is 4.34. The number of fused-ring (bicyclic) bond motifs is 1. The van der Waals surface area contributed by atoms with Gasteiger partial charge in [0.25, 0.3) is 0 Å². The summed E-state index contributed by atoms with van der Waals surface area (Å²) in [7, 11) is 0. The Hall–Kier alpha value is -1.65. The molecule has 0 unspecified atom stereocenters. The monoisotopic (exact) mass is 257 g/mol. The van der Waals surface area contributed by atoms with Crippen LogP contribution < -0.4 is 5.73 Å². The maximum atomic E-state index is 5.75. The minimum Gasteiger partial charge on any atom is -0.327 e. The third kappa shape index (κ3) is 1.83. The van der Waals surface area contributed by atoms with Crippen molar-refractivity contribution >= 4 is 21.4 Å². The van der Waals surface area contributed by atoms with E-state index in [1.165, 1.54) is 15.6 Å². The zero-order chi connectivity index (χ0) is 12.5. The third-order valence-electron chi connectivity index (χ3n) is 3.24. The zero-order valence-corrected chi connectivity index (χ0v) is 11.1. The lowest BCUT2D eigenvalue weighted by atomic mass is 10.2. The van der Waals surface area contributed by atoms with Crippen LogP contribution in [0.4, 0.5) is 0 Å². The number of nitrogens with zero attached hydrogens (tertiary/aromatic N) is 2. The fourth-order valence-corrected chi connectivity index (χ4v) is 3.17. The van der Waals surface area contributed by atoms with Gasteiger partial charge >= 0.3 is 0 Å². The second kappa shape index (κ2) is 4.55. The summed E-state index contributed by atoms with van der Waals surface area (Å²) >= 11 is 1.79. The molecule has 2 heterocycles. The molecule has 0 radical (unpaired) electrons. The molecular weight excluding hydrogens is 242 g/mol. The summed E-state index contributed by atoms with van der Waals surface area (Å²) in [5.41, 5.74) is 8.17. The quantitative estimate of drug-likeness (QED) is 0.784. The van der Waals surface area contributed by atoms with Crippen molar-refractivity contribution in [3.8, 4) is 0 Å². The largest absolute Gasteiger partial charge is 0.327 e. The number of thiophene rings is 1. The average Bonchev–Trinajstić information content (AvgIpc) is 2.96. The lowest BCUT2D eigenvalue weighted by Crippen LogP contribution is -2.09. The van der Waals surface area contributed by atoms with E-state index in [2.05, 4.69) is 39.2 Å². The van der Waals surface area contributed by atoms with E-state index in [0.29, 0.717) is 6.54 Å². The van der Waals surface area contributed by atoms with Crippen LogP contribution in [0, 0.1) is 6.92 Å². The maximum Gasteiger partial charge on any atom is 0.106 e. The predicted octanol–water partition coefficient (Wildman–Crippen LogP) is 2.91. The van der Waals surface area contributed by atoms with Crippen molar-refractivity contribution in [1.29, 1.82) is 0 Å². The Balaban J connectivity index is 2.04. The highest BCUT2D eigenvalue weighted by atomic mass is 32.1. The molecule has 3 rings (SSSR count). The zero-order valence-electron chi connectivity index (χ0n) is 10.3. The van der Waals surface area contributed by atoms with Crippen LogP contribution in [-0.4, -0.2) is 9.55 Å². The van der Waals surface area contributed by atoms with E-state index < -0.39 is 0 Å². The predicted molar refractivity (Wildman–Crippen MR) is 75.8 cm³/mol. The molecule has 1 aromatic carbocycles. The summed E-state index contributed by atoms with van der Waals surface area (Å²) in [6.07, 6.45) is 1.86. The fourth-order valence-electron chi connectivity index (χ4n) is 2.22. The number of benzene rings is 1. The normalized spacial score (nSPS) is 11.2. The highest BCUT2D eigenvalue weighted by Crippen LogP contribution is 2.26. The molecule has 2 aromatic heterocycles. The molecule has 0 aliphatic rings. The van der Waals surface area contributed by atoms with Crippen LogP contribution in [0.25, 0.3) is 10.1 Å². The summed E-state index contributed by atoms with van der Waals surface area (Å²) < 4.78 is 3.52. The molecule has 0 fully saturated rings. The molecule has 4 heteroatoms. The Morgan fingerprint density at radius 1 is 1.33 bits per heavy atom. The standard InChI is InChI=1S/C14H15N3S/c1-10-16-7-12(6-15)17(10)8-11-9-18-14-5-3-2-4-13(11)14/h2-5,7,9H,6,8,15H2,1H3. The highest BCUT2D eigenvalue weighted by molar-refractivity contribution is 7.17. The van der Waals surface area contributed by atoms with Gasteiger partial charge in [-0.25, -0.2) is 4.98 Å². The summed E-state index contributed by atoms with van der Waals surface area (Å²) in [4.78, 5) is 4.33. The lowest BCUT2D eigenvalue weighted by molar-refractivity contribution is 0.718. The molecule has 3 aromatic rings. The van der Waals surface area contributed by atoms with Crippen LogP contribution in [0.3, 0.4) is 0 Å². The van der Waals surface area contributed by atoms with Gasteiger partial charge in [0.1, 0.15) is 5.82 Å². The number of nitrogens with two attached hydrogens (primary N) is 1.